The molecule has 9 heteroatoms. The van der Waals surface area contributed by atoms with E-state index in [1.54, 1.807) is 36.7 Å². The summed E-state index contributed by atoms with van der Waals surface area (Å²) < 4.78 is 1.92. The molecule has 0 saturated carbocycles. The Morgan fingerprint density at radius 1 is 1.52 bits per heavy atom. The summed E-state index contributed by atoms with van der Waals surface area (Å²) in [6.07, 6.45) is 3.43. The number of nitrogens with one attached hydrogen (secondary N) is 2. The SMILES string of the molecule is CN(C)C(=O)CN=C(NCc1cccs1)NC1CCc2ncnn2C1. The van der Waals surface area contributed by atoms with Crippen molar-refractivity contribution in [3.05, 3.63) is 34.5 Å². The molecule has 1 aliphatic rings. The summed E-state index contributed by atoms with van der Waals surface area (Å²) in [6.45, 7) is 1.55. The van der Waals surface area contributed by atoms with Crippen LogP contribution in [0.1, 0.15) is 17.1 Å². The van der Waals surface area contributed by atoms with E-state index in [1.807, 2.05) is 16.1 Å². The third-order valence-electron chi connectivity index (χ3n) is 4.03. The third-order valence-corrected chi connectivity index (χ3v) is 4.90. The predicted octanol–water partition coefficient (Wildman–Crippen LogP) is 0.478. The zero-order valence-corrected chi connectivity index (χ0v) is 15.3. The summed E-state index contributed by atoms with van der Waals surface area (Å²) in [5.41, 5.74) is 0. The van der Waals surface area contributed by atoms with Crippen molar-refractivity contribution in [3.63, 3.8) is 0 Å². The van der Waals surface area contributed by atoms with Crippen LogP contribution in [0.3, 0.4) is 0 Å². The van der Waals surface area contributed by atoms with Gasteiger partial charge in [0.25, 0.3) is 0 Å². The molecule has 3 heterocycles. The maximum Gasteiger partial charge on any atom is 0.243 e. The van der Waals surface area contributed by atoms with Crippen molar-refractivity contribution in [2.45, 2.75) is 32.0 Å². The van der Waals surface area contributed by atoms with Crippen LogP contribution in [0.25, 0.3) is 0 Å². The molecule has 0 spiro atoms. The maximum atomic E-state index is 11.8. The van der Waals surface area contributed by atoms with Gasteiger partial charge in [-0.3, -0.25) is 4.79 Å². The van der Waals surface area contributed by atoms with Crippen LogP contribution in [-0.2, 0) is 24.3 Å². The molecule has 25 heavy (non-hydrogen) atoms. The van der Waals surface area contributed by atoms with Crippen LogP contribution in [0, 0.1) is 0 Å². The molecule has 2 aromatic rings. The highest BCUT2D eigenvalue weighted by Gasteiger charge is 2.20. The number of aromatic nitrogens is 3. The number of hydrogen-bond donors (Lipinski definition) is 2. The lowest BCUT2D eigenvalue weighted by Crippen LogP contribution is -2.47. The second-order valence-electron chi connectivity index (χ2n) is 6.12. The first-order chi connectivity index (χ1) is 12.1. The third kappa shape index (κ3) is 4.79. The molecule has 3 rings (SSSR count). The summed E-state index contributed by atoms with van der Waals surface area (Å²) in [5.74, 6) is 1.64. The zero-order valence-electron chi connectivity index (χ0n) is 14.5. The molecule has 2 N–H and O–H groups in total. The summed E-state index contributed by atoms with van der Waals surface area (Å²) in [5, 5.41) is 13.0. The summed E-state index contributed by atoms with van der Waals surface area (Å²) in [7, 11) is 3.47. The van der Waals surface area contributed by atoms with Gasteiger partial charge < -0.3 is 15.5 Å². The number of aliphatic imine (C=N–C) groups is 1. The second-order valence-corrected chi connectivity index (χ2v) is 7.16. The van der Waals surface area contributed by atoms with Gasteiger partial charge in [0.05, 0.1) is 13.1 Å². The fourth-order valence-electron chi connectivity index (χ4n) is 2.57. The number of likely N-dealkylation sites (N-methyl/N-ethyl adjacent to an activating group) is 1. The van der Waals surface area contributed by atoms with E-state index < -0.39 is 0 Å². The second kappa shape index (κ2) is 8.11. The Bertz CT molecular complexity index is 723. The molecule has 1 atom stereocenters. The molecule has 0 aliphatic carbocycles. The first-order valence-electron chi connectivity index (χ1n) is 8.26. The molecule has 1 amide bonds. The maximum absolute atomic E-state index is 11.8. The minimum atomic E-state index is -0.0283. The number of amides is 1. The van der Waals surface area contributed by atoms with Gasteiger partial charge in [0.2, 0.25) is 5.91 Å². The monoisotopic (exact) mass is 361 g/mol. The molecule has 0 saturated heterocycles. The molecule has 1 unspecified atom stereocenters. The Kier molecular flexibility index (Phi) is 5.64. The van der Waals surface area contributed by atoms with E-state index in [2.05, 4.69) is 31.8 Å². The zero-order chi connectivity index (χ0) is 17.6. The van der Waals surface area contributed by atoms with Gasteiger partial charge in [-0.25, -0.2) is 14.7 Å². The number of aryl methyl sites for hydroxylation is 1. The Hall–Kier alpha value is -2.42. The van der Waals surface area contributed by atoms with Gasteiger partial charge in [-0.1, -0.05) is 6.07 Å². The minimum absolute atomic E-state index is 0.0283. The number of thiophene rings is 1. The lowest BCUT2D eigenvalue weighted by atomic mass is 10.1. The molecule has 0 aromatic carbocycles. The molecule has 134 valence electrons. The summed E-state index contributed by atoms with van der Waals surface area (Å²) in [4.78, 5) is 23.3. The number of rotatable bonds is 5. The molecule has 1 aliphatic heterocycles. The molecule has 0 bridgehead atoms. The van der Waals surface area contributed by atoms with E-state index in [4.69, 9.17) is 0 Å². The van der Waals surface area contributed by atoms with E-state index in [-0.39, 0.29) is 18.5 Å². The Morgan fingerprint density at radius 3 is 3.16 bits per heavy atom. The van der Waals surface area contributed by atoms with E-state index in [9.17, 15) is 4.79 Å². The van der Waals surface area contributed by atoms with E-state index in [0.717, 1.165) is 25.2 Å². The van der Waals surface area contributed by atoms with Crippen LogP contribution in [-0.4, -0.2) is 58.2 Å². The van der Waals surface area contributed by atoms with Gasteiger partial charge in [-0.15, -0.1) is 11.3 Å². The van der Waals surface area contributed by atoms with Crippen LogP contribution in [0.2, 0.25) is 0 Å². The number of fused-ring (bicyclic) bond motifs is 1. The number of carbonyl (C=O) groups excluding carboxylic acids is 1. The highest BCUT2D eigenvalue weighted by Crippen LogP contribution is 2.11. The number of guanidine groups is 1. The van der Waals surface area contributed by atoms with Crippen molar-refractivity contribution in [2.24, 2.45) is 4.99 Å². The molecule has 0 radical (unpaired) electrons. The first-order valence-corrected chi connectivity index (χ1v) is 9.14. The predicted molar refractivity (Wildman–Crippen MR) is 97.4 cm³/mol. The molecular formula is C16H23N7OS. The van der Waals surface area contributed by atoms with Crippen LogP contribution in [0.4, 0.5) is 0 Å². The first kappa shape index (κ1) is 17.4. The normalized spacial score (nSPS) is 17.0. The number of carbonyl (C=O) groups is 1. The van der Waals surface area contributed by atoms with Gasteiger partial charge in [0.1, 0.15) is 18.7 Å². The van der Waals surface area contributed by atoms with Gasteiger partial charge in [-0.05, 0) is 17.9 Å². The van der Waals surface area contributed by atoms with Gasteiger partial charge in [0, 0.05) is 31.4 Å². The largest absolute Gasteiger partial charge is 0.352 e. The van der Waals surface area contributed by atoms with E-state index in [0.29, 0.717) is 12.5 Å². The smallest absolute Gasteiger partial charge is 0.243 e. The molecule has 0 fully saturated rings. The van der Waals surface area contributed by atoms with Crippen LogP contribution in [0.5, 0.6) is 0 Å². The quantitative estimate of drug-likeness (QED) is 0.597. The Labute approximate surface area is 151 Å². The van der Waals surface area contributed by atoms with Crippen molar-refractivity contribution in [1.82, 2.24) is 30.3 Å². The highest BCUT2D eigenvalue weighted by atomic mass is 32.1. The minimum Gasteiger partial charge on any atom is -0.352 e. The van der Waals surface area contributed by atoms with E-state index in [1.165, 1.54) is 4.88 Å². The lowest BCUT2D eigenvalue weighted by molar-refractivity contribution is -0.127. The van der Waals surface area contributed by atoms with Crippen LogP contribution in [0.15, 0.2) is 28.8 Å². The average Bonchev–Trinajstić information content (AvgIpc) is 3.27. The number of nitrogens with zero attached hydrogens (tertiary/aromatic N) is 5. The fourth-order valence-corrected chi connectivity index (χ4v) is 3.22. The average molecular weight is 361 g/mol. The Balaban J connectivity index is 1.63. The molecule has 8 nitrogen and oxygen atoms in total. The summed E-state index contributed by atoms with van der Waals surface area (Å²) >= 11 is 1.69. The van der Waals surface area contributed by atoms with Crippen molar-refractivity contribution in [2.75, 3.05) is 20.6 Å². The van der Waals surface area contributed by atoms with Gasteiger partial charge in [0.15, 0.2) is 5.96 Å². The fraction of sp³-hybridized carbons (Fsp3) is 0.500. The standard InChI is InChI=1S/C16H23N7OS/c1-22(2)15(24)9-18-16(17-8-13-4-3-7-25-13)21-12-5-6-14-19-11-20-23(14)10-12/h3-4,7,11-12H,5-6,8-10H2,1-2H3,(H2,17,18,21). The van der Waals surface area contributed by atoms with Crippen LogP contribution < -0.4 is 10.6 Å². The van der Waals surface area contributed by atoms with E-state index >= 15 is 0 Å². The topological polar surface area (TPSA) is 87.4 Å². The Morgan fingerprint density at radius 2 is 2.40 bits per heavy atom. The molecular weight excluding hydrogens is 338 g/mol. The van der Waals surface area contributed by atoms with Gasteiger partial charge >= 0.3 is 0 Å². The number of hydrogen-bond acceptors (Lipinski definition) is 5. The van der Waals surface area contributed by atoms with Crippen molar-refractivity contribution in [3.8, 4) is 0 Å². The van der Waals surface area contributed by atoms with Crippen LogP contribution >= 0.6 is 11.3 Å². The van der Waals surface area contributed by atoms with Gasteiger partial charge in [-0.2, -0.15) is 5.10 Å². The highest BCUT2D eigenvalue weighted by molar-refractivity contribution is 7.09. The molecule has 2 aromatic heterocycles. The van der Waals surface area contributed by atoms with Crippen molar-refractivity contribution >= 4 is 23.2 Å². The van der Waals surface area contributed by atoms with Crippen molar-refractivity contribution in [1.29, 1.82) is 0 Å². The lowest BCUT2D eigenvalue weighted by Gasteiger charge is -2.25. The summed E-state index contributed by atoms with van der Waals surface area (Å²) in [6, 6.07) is 4.30. The van der Waals surface area contributed by atoms with Crippen molar-refractivity contribution < 1.29 is 4.79 Å².